The van der Waals surface area contributed by atoms with Gasteiger partial charge in [0.05, 0.1) is 11.9 Å². The van der Waals surface area contributed by atoms with Crippen molar-refractivity contribution in [3.63, 3.8) is 0 Å². The summed E-state index contributed by atoms with van der Waals surface area (Å²) in [5.41, 5.74) is 2.97. The Labute approximate surface area is 146 Å². The van der Waals surface area contributed by atoms with Crippen LogP contribution in [0, 0.1) is 13.8 Å². The van der Waals surface area contributed by atoms with Crippen LogP contribution in [0.2, 0.25) is 5.15 Å². The van der Waals surface area contributed by atoms with E-state index in [1.807, 2.05) is 19.9 Å². The van der Waals surface area contributed by atoms with E-state index in [-0.39, 0.29) is 16.7 Å². The lowest BCUT2D eigenvalue weighted by Crippen LogP contribution is -2.11. The Morgan fingerprint density at radius 1 is 1.25 bits per heavy atom. The largest absolute Gasteiger partial charge is 0.435 e. The highest BCUT2D eigenvalue weighted by Crippen LogP contribution is 2.41. The first-order valence-corrected chi connectivity index (χ1v) is 9.80. The van der Waals surface area contributed by atoms with Gasteiger partial charge in [0.25, 0.3) is 0 Å². The first kappa shape index (κ1) is 17.0. The van der Waals surface area contributed by atoms with Gasteiger partial charge in [0, 0.05) is 11.6 Å². The third-order valence-electron chi connectivity index (χ3n) is 3.66. The van der Waals surface area contributed by atoms with Gasteiger partial charge >= 0.3 is 0 Å². The van der Waals surface area contributed by atoms with Crippen LogP contribution in [0.1, 0.15) is 35.7 Å². The zero-order chi connectivity index (χ0) is 17.5. The van der Waals surface area contributed by atoms with Gasteiger partial charge in [0.15, 0.2) is 5.75 Å². The summed E-state index contributed by atoms with van der Waals surface area (Å²) in [4.78, 5) is 8.69. The van der Waals surface area contributed by atoms with E-state index in [0.717, 1.165) is 23.2 Å². The molecular formula is C16H18ClN3O3S. The number of anilines is 1. The minimum Gasteiger partial charge on any atom is -0.435 e. The lowest BCUT2D eigenvalue weighted by atomic mass is 10.1. The van der Waals surface area contributed by atoms with Gasteiger partial charge in [-0.15, -0.1) is 0 Å². The summed E-state index contributed by atoms with van der Waals surface area (Å²) < 4.78 is 31.3. The normalized spacial score (nSPS) is 14.5. The number of ether oxygens (including phenoxy) is 1. The van der Waals surface area contributed by atoms with E-state index in [2.05, 4.69) is 14.7 Å². The SMILES string of the molecule is Cc1cc(C2CC2)nc(C)c1Oc1nc(Cl)ccc1NS(C)(=O)=O. The highest BCUT2D eigenvalue weighted by molar-refractivity contribution is 7.92. The molecule has 1 fully saturated rings. The second-order valence-electron chi connectivity index (χ2n) is 6.02. The van der Waals surface area contributed by atoms with Crippen molar-refractivity contribution in [1.29, 1.82) is 0 Å². The Bertz CT molecular complexity index is 872. The molecule has 1 saturated carbocycles. The topological polar surface area (TPSA) is 81.2 Å². The minimum absolute atomic E-state index is 0.0973. The molecule has 0 spiro atoms. The van der Waals surface area contributed by atoms with Crippen molar-refractivity contribution >= 4 is 27.3 Å². The lowest BCUT2D eigenvalue weighted by Gasteiger charge is -2.15. The van der Waals surface area contributed by atoms with Gasteiger partial charge in [-0.25, -0.2) is 8.42 Å². The number of sulfonamides is 1. The zero-order valence-electron chi connectivity index (χ0n) is 13.6. The molecule has 0 aromatic carbocycles. The van der Waals surface area contributed by atoms with Crippen LogP contribution in [0.25, 0.3) is 0 Å². The number of aryl methyl sites for hydroxylation is 2. The summed E-state index contributed by atoms with van der Waals surface area (Å²) in [5.74, 6) is 1.20. The number of nitrogens with zero attached hydrogens (tertiary/aromatic N) is 2. The van der Waals surface area contributed by atoms with Crippen molar-refractivity contribution < 1.29 is 13.2 Å². The van der Waals surface area contributed by atoms with Crippen LogP contribution >= 0.6 is 11.6 Å². The number of aromatic nitrogens is 2. The highest BCUT2D eigenvalue weighted by Gasteiger charge is 2.26. The molecule has 1 N–H and O–H groups in total. The molecule has 0 radical (unpaired) electrons. The van der Waals surface area contributed by atoms with E-state index in [1.165, 1.54) is 25.0 Å². The van der Waals surface area contributed by atoms with Crippen molar-refractivity contribution in [3.8, 4) is 11.6 Å². The van der Waals surface area contributed by atoms with Crippen molar-refractivity contribution in [3.05, 3.63) is 40.3 Å². The second kappa shape index (κ2) is 6.22. The molecular weight excluding hydrogens is 350 g/mol. The summed E-state index contributed by atoms with van der Waals surface area (Å²) in [6.45, 7) is 3.80. The maximum absolute atomic E-state index is 11.5. The Kier molecular flexibility index (Phi) is 4.40. The molecule has 1 aliphatic rings. The summed E-state index contributed by atoms with van der Waals surface area (Å²) >= 11 is 5.92. The predicted molar refractivity (Wildman–Crippen MR) is 93.5 cm³/mol. The first-order valence-electron chi connectivity index (χ1n) is 7.53. The standard InChI is InChI=1S/C16H18ClN3O3S/c1-9-8-13(11-4-5-11)18-10(2)15(9)23-16-12(20-24(3,21)22)6-7-14(17)19-16/h6-8,11,20H,4-5H2,1-3H3. The number of halogens is 1. The molecule has 0 saturated heterocycles. The van der Waals surface area contributed by atoms with Crippen LogP contribution in [0.5, 0.6) is 11.6 Å². The summed E-state index contributed by atoms with van der Waals surface area (Å²) in [6.07, 6.45) is 3.41. The average Bonchev–Trinajstić information content (AvgIpc) is 3.28. The van der Waals surface area contributed by atoms with E-state index >= 15 is 0 Å². The van der Waals surface area contributed by atoms with E-state index < -0.39 is 10.0 Å². The monoisotopic (exact) mass is 367 g/mol. The molecule has 0 bridgehead atoms. The van der Waals surface area contributed by atoms with Crippen molar-refractivity contribution in [2.45, 2.75) is 32.6 Å². The van der Waals surface area contributed by atoms with Crippen molar-refractivity contribution in [2.24, 2.45) is 0 Å². The molecule has 6 nitrogen and oxygen atoms in total. The fourth-order valence-corrected chi connectivity index (χ4v) is 3.16. The summed E-state index contributed by atoms with van der Waals surface area (Å²) in [5, 5.41) is 0.210. The molecule has 1 aliphatic carbocycles. The van der Waals surface area contributed by atoms with E-state index in [4.69, 9.17) is 16.3 Å². The molecule has 0 atom stereocenters. The fourth-order valence-electron chi connectivity index (χ4n) is 2.46. The third kappa shape index (κ3) is 3.96. The van der Waals surface area contributed by atoms with Gasteiger partial charge in [-0.05, 0) is 50.5 Å². The molecule has 8 heteroatoms. The predicted octanol–water partition coefficient (Wildman–Crippen LogP) is 3.79. The van der Waals surface area contributed by atoms with Crippen LogP contribution in [-0.2, 0) is 10.0 Å². The quantitative estimate of drug-likeness (QED) is 0.813. The van der Waals surface area contributed by atoms with Gasteiger partial charge in [0.1, 0.15) is 10.8 Å². The van der Waals surface area contributed by atoms with Crippen LogP contribution < -0.4 is 9.46 Å². The molecule has 2 aromatic rings. The molecule has 0 aliphatic heterocycles. The Hall–Kier alpha value is -1.86. The van der Waals surface area contributed by atoms with Gasteiger partial charge in [0.2, 0.25) is 15.9 Å². The molecule has 0 amide bonds. The average molecular weight is 368 g/mol. The maximum Gasteiger partial charge on any atom is 0.245 e. The fraction of sp³-hybridized carbons (Fsp3) is 0.375. The summed E-state index contributed by atoms with van der Waals surface area (Å²) in [7, 11) is -3.46. The van der Waals surface area contributed by atoms with Gasteiger partial charge in [-0.2, -0.15) is 4.98 Å². The van der Waals surface area contributed by atoms with Crippen LogP contribution in [0.3, 0.4) is 0 Å². The van der Waals surface area contributed by atoms with E-state index in [0.29, 0.717) is 11.7 Å². The highest BCUT2D eigenvalue weighted by atomic mass is 35.5. The Balaban J connectivity index is 1.97. The molecule has 2 heterocycles. The number of hydrogen-bond acceptors (Lipinski definition) is 5. The van der Waals surface area contributed by atoms with Crippen molar-refractivity contribution in [2.75, 3.05) is 11.0 Å². The zero-order valence-corrected chi connectivity index (χ0v) is 15.2. The van der Waals surface area contributed by atoms with Gasteiger partial charge in [-0.1, -0.05) is 11.6 Å². The number of rotatable bonds is 5. The summed E-state index contributed by atoms with van der Waals surface area (Å²) in [6, 6.07) is 5.02. The number of nitrogens with one attached hydrogen (secondary N) is 1. The molecule has 24 heavy (non-hydrogen) atoms. The first-order chi connectivity index (χ1) is 11.2. The Morgan fingerprint density at radius 2 is 1.96 bits per heavy atom. The molecule has 2 aromatic heterocycles. The molecule has 128 valence electrons. The number of pyridine rings is 2. The Morgan fingerprint density at radius 3 is 2.54 bits per heavy atom. The third-order valence-corrected chi connectivity index (χ3v) is 4.47. The second-order valence-corrected chi connectivity index (χ2v) is 8.15. The van der Waals surface area contributed by atoms with Crippen LogP contribution in [0.4, 0.5) is 5.69 Å². The van der Waals surface area contributed by atoms with Crippen LogP contribution in [0.15, 0.2) is 18.2 Å². The minimum atomic E-state index is -3.46. The van der Waals surface area contributed by atoms with E-state index in [1.54, 1.807) is 0 Å². The maximum atomic E-state index is 11.5. The van der Waals surface area contributed by atoms with Gasteiger partial charge in [-0.3, -0.25) is 9.71 Å². The molecule has 3 rings (SSSR count). The van der Waals surface area contributed by atoms with Crippen molar-refractivity contribution in [1.82, 2.24) is 9.97 Å². The number of hydrogen-bond donors (Lipinski definition) is 1. The smallest absolute Gasteiger partial charge is 0.245 e. The van der Waals surface area contributed by atoms with Crippen LogP contribution in [-0.4, -0.2) is 24.6 Å². The van der Waals surface area contributed by atoms with E-state index in [9.17, 15) is 8.42 Å². The molecule has 0 unspecified atom stereocenters. The van der Waals surface area contributed by atoms with Gasteiger partial charge < -0.3 is 4.74 Å². The lowest BCUT2D eigenvalue weighted by molar-refractivity contribution is 0.455.